The van der Waals surface area contributed by atoms with Crippen molar-refractivity contribution in [2.45, 2.75) is 76.7 Å². The molecule has 37 heavy (non-hydrogen) atoms. The third-order valence-electron chi connectivity index (χ3n) is 7.20. The fourth-order valence-corrected chi connectivity index (χ4v) is 7.56. The summed E-state index contributed by atoms with van der Waals surface area (Å²) in [4.78, 5) is 13.7. The Morgan fingerprint density at radius 2 is 1.57 bits per heavy atom. The summed E-state index contributed by atoms with van der Waals surface area (Å²) in [6.07, 6.45) is 2.54. The van der Waals surface area contributed by atoms with Crippen molar-refractivity contribution in [3.8, 4) is 0 Å². The van der Waals surface area contributed by atoms with Gasteiger partial charge in [-0.3, -0.25) is 4.79 Å². The molecule has 0 aromatic heterocycles. The molecule has 8 heteroatoms. The Labute approximate surface area is 229 Å². The van der Waals surface area contributed by atoms with Crippen LogP contribution in [-0.4, -0.2) is 44.6 Å². The van der Waals surface area contributed by atoms with E-state index in [1.807, 2.05) is 74.5 Å². The minimum absolute atomic E-state index is 0.00131. The molecule has 0 saturated carbocycles. The topological polar surface area (TPSA) is 63.7 Å². The van der Waals surface area contributed by atoms with Gasteiger partial charge in [0.05, 0.1) is 23.5 Å². The second kappa shape index (κ2) is 12.9. The first-order valence-electron chi connectivity index (χ1n) is 12.6. The molecule has 0 N–H and O–H groups in total. The van der Waals surface area contributed by atoms with Gasteiger partial charge in [-0.15, -0.1) is 6.58 Å². The largest absolute Gasteiger partial charge is 0.410 e. The SMILES string of the molecule is C=C[C@H](O[Si](C)(C)C(C)(C)C)[C@H](C)C(=O)S[C@@H](c1ccccc1)[C@@H](C)N(Cc1ccccc1)S(C)(=O)=O. The van der Waals surface area contributed by atoms with E-state index in [0.29, 0.717) is 0 Å². The zero-order chi connectivity index (χ0) is 28.0. The van der Waals surface area contributed by atoms with Gasteiger partial charge in [0.1, 0.15) is 0 Å². The fourth-order valence-electron chi connectivity index (χ4n) is 3.80. The van der Waals surface area contributed by atoms with Crippen LogP contribution in [0.3, 0.4) is 0 Å². The zero-order valence-corrected chi connectivity index (χ0v) is 26.1. The molecule has 2 rings (SSSR count). The van der Waals surface area contributed by atoms with Crippen LogP contribution < -0.4 is 0 Å². The molecular weight excluding hydrogens is 519 g/mol. The van der Waals surface area contributed by atoms with Crippen molar-refractivity contribution in [1.29, 1.82) is 0 Å². The summed E-state index contributed by atoms with van der Waals surface area (Å²) in [5.41, 5.74) is 1.80. The first-order valence-corrected chi connectivity index (χ1v) is 18.3. The molecule has 0 radical (unpaired) electrons. The standard InChI is InChI=1S/C29H43NO4S2Si/c1-10-26(34-37(8,9)29(4,5)6)22(2)28(31)35-27(25-19-15-12-16-20-25)23(3)30(36(7,32)33)21-24-17-13-11-14-18-24/h10-20,22-23,26-27H,1,21H2,2-9H3/t22-,23+,26-,27+/m0/s1. The molecule has 0 aliphatic rings. The molecule has 0 bridgehead atoms. The summed E-state index contributed by atoms with van der Waals surface area (Å²) in [5.74, 6) is -0.434. The highest BCUT2D eigenvalue weighted by Crippen LogP contribution is 2.41. The molecule has 0 amide bonds. The Morgan fingerprint density at radius 3 is 2.03 bits per heavy atom. The Kier molecular flexibility index (Phi) is 11.0. The van der Waals surface area contributed by atoms with E-state index in [2.05, 4.69) is 40.4 Å². The van der Waals surface area contributed by atoms with Gasteiger partial charge in [0, 0.05) is 12.6 Å². The Morgan fingerprint density at radius 1 is 1.05 bits per heavy atom. The Bertz CT molecular complexity index is 1130. The van der Waals surface area contributed by atoms with Crippen LogP contribution in [0.25, 0.3) is 0 Å². The summed E-state index contributed by atoms with van der Waals surface area (Å²) < 4.78 is 33.9. The molecule has 0 saturated heterocycles. The monoisotopic (exact) mass is 561 g/mol. The quantitative estimate of drug-likeness (QED) is 0.205. The lowest BCUT2D eigenvalue weighted by Crippen LogP contribution is -2.46. The summed E-state index contributed by atoms with van der Waals surface area (Å²) in [7, 11) is -5.69. The number of hydrogen-bond acceptors (Lipinski definition) is 5. The zero-order valence-electron chi connectivity index (χ0n) is 23.5. The summed E-state index contributed by atoms with van der Waals surface area (Å²) in [6.45, 7) is 18.8. The second-order valence-corrected chi connectivity index (χ2v) is 19.0. The number of hydrogen-bond donors (Lipinski definition) is 0. The lowest BCUT2D eigenvalue weighted by molar-refractivity contribution is -0.115. The van der Waals surface area contributed by atoms with Crippen molar-refractivity contribution >= 4 is 35.2 Å². The van der Waals surface area contributed by atoms with E-state index in [0.717, 1.165) is 11.1 Å². The number of benzene rings is 2. The van der Waals surface area contributed by atoms with E-state index in [9.17, 15) is 13.2 Å². The molecule has 5 nitrogen and oxygen atoms in total. The number of carbonyl (C=O) groups is 1. The van der Waals surface area contributed by atoms with Gasteiger partial charge in [0.2, 0.25) is 10.0 Å². The maximum absolute atomic E-state index is 13.7. The third-order valence-corrected chi connectivity index (χ3v) is 14.5. The average molecular weight is 562 g/mol. The maximum atomic E-state index is 13.7. The van der Waals surface area contributed by atoms with Crippen LogP contribution in [0.1, 0.15) is 51.0 Å². The van der Waals surface area contributed by atoms with Gasteiger partial charge < -0.3 is 4.43 Å². The van der Waals surface area contributed by atoms with E-state index < -0.39 is 41.7 Å². The lowest BCUT2D eigenvalue weighted by atomic mass is 10.1. The van der Waals surface area contributed by atoms with E-state index in [4.69, 9.17) is 4.43 Å². The highest BCUT2D eigenvalue weighted by Gasteiger charge is 2.41. The molecule has 2 aromatic carbocycles. The second-order valence-electron chi connectivity index (χ2n) is 11.2. The molecule has 204 valence electrons. The summed E-state index contributed by atoms with van der Waals surface area (Å²) >= 11 is 1.19. The minimum atomic E-state index is -3.56. The molecule has 2 aromatic rings. The van der Waals surface area contributed by atoms with Crippen molar-refractivity contribution in [2.75, 3.05) is 6.26 Å². The molecular formula is C29H43NO4S2Si. The molecule has 0 aliphatic heterocycles. The predicted octanol–water partition coefficient (Wildman–Crippen LogP) is 7.05. The summed E-state index contributed by atoms with van der Waals surface area (Å²) in [6, 6.07) is 18.7. The van der Waals surface area contributed by atoms with Crippen LogP contribution in [0.2, 0.25) is 18.1 Å². The van der Waals surface area contributed by atoms with Crippen molar-refractivity contribution in [2.24, 2.45) is 5.92 Å². The van der Waals surface area contributed by atoms with Crippen molar-refractivity contribution in [1.82, 2.24) is 4.31 Å². The van der Waals surface area contributed by atoms with Gasteiger partial charge >= 0.3 is 0 Å². The van der Waals surface area contributed by atoms with Gasteiger partial charge in [-0.05, 0) is 36.2 Å². The van der Waals surface area contributed by atoms with E-state index in [-0.39, 0.29) is 16.7 Å². The molecule has 0 fully saturated rings. The van der Waals surface area contributed by atoms with E-state index in [1.165, 1.54) is 22.3 Å². The van der Waals surface area contributed by atoms with Gasteiger partial charge in [0.25, 0.3) is 0 Å². The molecule has 0 aliphatic carbocycles. The predicted molar refractivity (Wildman–Crippen MR) is 160 cm³/mol. The minimum Gasteiger partial charge on any atom is -0.410 e. The lowest BCUT2D eigenvalue weighted by Gasteiger charge is -2.40. The fraction of sp³-hybridized carbons (Fsp3) is 0.483. The Balaban J connectivity index is 2.38. The molecule has 0 spiro atoms. The molecule has 4 atom stereocenters. The van der Waals surface area contributed by atoms with Crippen molar-refractivity contribution in [3.05, 3.63) is 84.4 Å². The number of nitrogens with zero attached hydrogens (tertiary/aromatic N) is 1. The van der Waals surface area contributed by atoms with Crippen LogP contribution in [0.4, 0.5) is 0 Å². The van der Waals surface area contributed by atoms with Crippen LogP contribution in [0, 0.1) is 5.92 Å². The first-order chi connectivity index (χ1) is 17.1. The van der Waals surface area contributed by atoms with Crippen LogP contribution in [0.15, 0.2) is 73.3 Å². The Hall–Kier alpha value is -1.71. The van der Waals surface area contributed by atoms with E-state index in [1.54, 1.807) is 6.08 Å². The smallest absolute Gasteiger partial charge is 0.211 e. The van der Waals surface area contributed by atoms with Crippen molar-refractivity contribution in [3.63, 3.8) is 0 Å². The van der Waals surface area contributed by atoms with Gasteiger partial charge in [-0.1, -0.05) is 106 Å². The highest BCUT2D eigenvalue weighted by atomic mass is 32.2. The number of thioether (sulfide) groups is 1. The average Bonchev–Trinajstić information content (AvgIpc) is 2.83. The van der Waals surface area contributed by atoms with E-state index >= 15 is 0 Å². The normalized spacial score (nSPS) is 16.1. The third kappa shape index (κ3) is 8.65. The van der Waals surface area contributed by atoms with Crippen molar-refractivity contribution < 1.29 is 17.6 Å². The van der Waals surface area contributed by atoms with Gasteiger partial charge in [-0.25, -0.2) is 8.42 Å². The van der Waals surface area contributed by atoms with Crippen LogP contribution in [-0.2, 0) is 25.8 Å². The number of carbonyl (C=O) groups excluding carboxylic acids is 1. The number of sulfonamides is 1. The van der Waals surface area contributed by atoms with Crippen LogP contribution in [0.5, 0.6) is 0 Å². The molecule has 0 unspecified atom stereocenters. The highest BCUT2D eigenvalue weighted by molar-refractivity contribution is 8.13. The van der Waals surface area contributed by atoms with Gasteiger partial charge in [0.15, 0.2) is 13.4 Å². The molecule has 0 heterocycles. The van der Waals surface area contributed by atoms with Gasteiger partial charge in [-0.2, -0.15) is 4.31 Å². The van der Waals surface area contributed by atoms with Crippen LogP contribution >= 0.6 is 11.8 Å². The number of rotatable bonds is 12. The summed E-state index contributed by atoms with van der Waals surface area (Å²) in [5, 5.41) is -0.441. The maximum Gasteiger partial charge on any atom is 0.211 e. The first kappa shape index (κ1) is 31.5.